The van der Waals surface area contributed by atoms with Crippen LogP contribution in [0, 0.1) is 5.82 Å². The topological polar surface area (TPSA) is 76.6 Å². The van der Waals surface area contributed by atoms with Crippen molar-refractivity contribution in [1.29, 1.82) is 0 Å². The van der Waals surface area contributed by atoms with E-state index in [1.807, 2.05) is 30.3 Å². The van der Waals surface area contributed by atoms with Crippen LogP contribution in [0.5, 0.6) is 5.75 Å². The molecule has 9 heteroatoms. The molecule has 4 rings (SSSR count). The molecule has 0 saturated heterocycles. The number of methoxy groups -OCH3 is 1. The Morgan fingerprint density at radius 1 is 1.06 bits per heavy atom. The van der Waals surface area contributed by atoms with Crippen LogP contribution in [0.15, 0.2) is 77.7 Å². The van der Waals surface area contributed by atoms with Crippen molar-refractivity contribution in [3.05, 3.63) is 84.2 Å². The molecule has 0 unspecified atom stereocenters. The van der Waals surface area contributed by atoms with Crippen molar-refractivity contribution in [1.82, 2.24) is 4.98 Å². The van der Waals surface area contributed by atoms with Crippen LogP contribution in [-0.4, -0.2) is 32.2 Å². The minimum atomic E-state index is -3.54. The van der Waals surface area contributed by atoms with E-state index in [1.165, 1.54) is 47.6 Å². The van der Waals surface area contributed by atoms with Crippen LogP contribution < -0.4 is 9.64 Å². The standard InChI is InChI=1S/C25H23FN2O4S2/c1-32-20-10-12-21(13-11-20)34(30,31)15-5-8-24(29)28(17-18-6-3-2-4-7-18)25-27-22-14-9-19(26)16-23(22)33-25/h2-4,6-7,9-14,16H,5,8,15,17H2,1H3. The summed E-state index contributed by atoms with van der Waals surface area (Å²) in [6.45, 7) is 0.285. The number of thiazole rings is 1. The van der Waals surface area contributed by atoms with E-state index in [0.29, 0.717) is 21.1 Å². The highest BCUT2D eigenvalue weighted by molar-refractivity contribution is 7.91. The van der Waals surface area contributed by atoms with Crippen molar-refractivity contribution < 1.29 is 22.3 Å². The summed E-state index contributed by atoms with van der Waals surface area (Å²) in [5.74, 6) is -0.197. The van der Waals surface area contributed by atoms with Crippen molar-refractivity contribution in [2.24, 2.45) is 0 Å². The minimum absolute atomic E-state index is 0.0342. The Hall–Kier alpha value is -3.30. The highest BCUT2D eigenvalue weighted by Crippen LogP contribution is 2.31. The smallest absolute Gasteiger partial charge is 0.229 e. The molecule has 1 aromatic heterocycles. The highest BCUT2D eigenvalue weighted by atomic mass is 32.2. The lowest BCUT2D eigenvalue weighted by atomic mass is 10.2. The Labute approximate surface area is 201 Å². The Bertz CT molecular complexity index is 1390. The van der Waals surface area contributed by atoms with Gasteiger partial charge in [-0.15, -0.1) is 0 Å². The maximum absolute atomic E-state index is 13.6. The van der Waals surface area contributed by atoms with Crippen LogP contribution in [0.2, 0.25) is 0 Å². The molecule has 34 heavy (non-hydrogen) atoms. The predicted octanol–water partition coefficient (Wildman–Crippen LogP) is 5.23. The second kappa shape index (κ2) is 10.3. The Morgan fingerprint density at radius 2 is 1.79 bits per heavy atom. The van der Waals surface area contributed by atoms with Crippen molar-refractivity contribution in [3.63, 3.8) is 0 Å². The monoisotopic (exact) mass is 498 g/mol. The number of hydrogen-bond donors (Lipinski definition) is 0. The van der Waals surface area contributed by atoms with E-state index in [9.17, 15) is 17.6 Å². The molecule has 176 valence electrons. The number of fused-ring (bicyclic) bond motifs is 1. The zero-order chi connectivity index (χ0) is 24.1. The first-order valence-electron chi connectivity index (χ1n) is 10.6. The number of rotatable bonds is 9. The quantitative estimate of drug-likeness (QED) is 0.316. The minimum Gasteiger partial charge on any atom is -0.497 e. The molecule has 0 N–H and O–H groups in total. The molecule has 0 radical (unpaired) electrons. The zero-order valence-electron chi connectivity index (χ0n) is 18.5. The Morgan fingerprint density at radius 3 is 2.50 bits per heavy atom. The molecule has 6 nitrogen and oxygen atoms in total. The summed E-state index contributed by atoms with van der Waals surface area (Å²) < 4.78 is 44.7. The maximum Gasteiger partial charge on any atom is 0.229 e. The molecular weight excluding hydrogens is 475 g/mol. The summed E-state index contributed by atoms with van der Waals surface area (Å²) in [6, 6.07) is 19.9. The van der Waals surface area contributed by atoms with Gasteiger partial charge in [-0.3, -0.25) is 9.69 Å². The average molecular weight is 499 g/mol. The molecule has 0 bridgehead atoms. The van der Waals surface area contributed by atoms with Gasteiger partial charge < -0.3 is 4.74 Å². The molecule has 1 amide bonds. The lowest BCUT2D eigenvalue weighted by molar-refractivity contribution is -0.118. The van der Waals surface area contributed by atoms with Crippen LogP contribution in [0.3, 0.4) is 0 Å². The first kappa shape index (κ1) is 23.8. The Kier molecular flexibility index (Phi) is 7.23. The van der Waals surface area contributed by atoms with Crippen molar-refractivity contribution in [3.8, 4) is 5.75 Å². The largest absolute Gasteiger partial charge is 0.497 e. The van der Waals surface area contributed by atoms with Crippen molar-refractivity contribution in [2.75, 3.05) is 17.8 Å². The van der Waals surface area contributed by atoms with Crippen LogP contribution >= 0.6 is 11.3 Å². The molecular formula is C25H23FN2O4S2. The molecule has 0 aliphatic carbocycles. The molecule has 0 fully saturated rings. The van der Waals surface area contributed by atoms with Crippen LogP contribution in [0.4, 0.5) is 9.52 Å². The number of anilines is 1. The SMILES string of the molecule is COc1ccc(S(=O)(=O)CCCC(=O)N(Cc2ccccc2)c2nc3ccc(F)cc3s2)cc1. The van der Waals surface area contributed by atoms with Gasteiger partial charge in [0.1, 0.15) is 11.6 Å². The molecule has 1 heterocycles. The molecule has 0 spiro atoms. The van der Waals surface area contributed by atoms with E-state index >= 15 is 0 Å². The number of hydrogen-bond acceptors (Lipinski definition) is 6. The molecule has 0 atom stereocenters. The van der Waals surface area contributed by atoms with Crippen molar-refractivity contribution >= 4 is 42.4 Å². The molecule has 4 aromatic rings. The van der Waals surface area contributed by atoms with E-state index in [1.54, 1.807) is 18.2 Å². The molecule has 0 aliphatic heterocycles. The predicted molar refractivity (Wildman–Crippen MR) is 131 cm³/mol. The van der Waals surface area contributed by atoms with Gasteiger partial charge >= 0.3 is 0 Å². The van der Waals surface area contributed by atoms with E-state index < -0.39 is 9.84 Å². The second-order valence-electron chi connectivity index (χ2n) is 7.67. The lowest BCUT2D eigenvalue weighted by Crippen LogP contribution is -2.30. The van der Waals surface area contributed by atoms with Gasteiger partial charge in [-0.1, -0.05) is 41.7 Å². The number of amides is 1. The zero-order valence-corrected chi connectivity index (χ0v) is 20.1. The third kappa shape index (κ3) is 5.60. The summed E-state index contributed by atoms with van der Waals surface area (Å²) in [4.78, 5) is 19.5. The normalized spacial score (nSPS) is 11.5. The van der Waals surface area contributed by atoms with Gasteiger partial charge in [0.25, 0.3) is 0 Å². The number of aromatic nitrogens is 1. The summed E-state index contributed by atoms with van der Waals surface area (Å²) >= 11 is 1.23. The molecule has 0 saturated carbocycles. The molecule has 0 aliphatic rings. The fraction of sp³-hybridized carbons (Fsp3) is 0.200. The summed E-state index contributed by atoms with van der Waals surface area (Å²) in [5.41, 5.74) is 1.52. The second-order valence-corrected chi connectivity index (χ2v) is 10.8. The van der Waals surface area contributed by atoms with Crippen molar-refractivity contribution in [2.45, 2.75) is 24.3 Å². The number of benzene rings is 3. The van der Waals surface area contributed by atoms with E-state index in [4.69, 9.17) is 4.74 Å². The van der Waals surface area contributed by atoms with Gasteiger partial charge in [-0.2, -0.15) is 0 Å². The van der Waals surface area contributed by atoms with E-state index in [-0.39, 0.29) is 41.8 Å². The van der Waals surface area contributed by atoms with E-state index in [2.05, 4.69) is 4.98 Å². The van der Waals surface area contributed by atoms with Gasteiger partial charge in [-0.05, 0) is 54.4 Å². The number of halogens is 1. The Balaban J connectivity index is 1.50. The number of carbonyl (C=O) groups excluding carboxylic acids is 1. The van der Waals surface area contributed by atoms with Crippen LogP contribution in [0.25, 0.3) is 10.2 Å². The fourth-order valence-corrected chi connectivity index (χ4v) is 5.80. The first-order valence-corrected chi connectivity index (χ1v) is 13.1. The van der Waals surface area contributed by atoms with Gasteiger partial charge in [0.15, 0.2) is 15.0 Å². The fourth-order valence-electron chi connectivity index (χ4n) is 3.48. The highest BCUT2D eigenvalue weighted by Gasteiger charge is 2.22. The average Bonchev–Trinajstić information content (AvgIpc) is 3.25. The van der Waals surface area contributed by atoms with Gasteiger partial charge in [-0.25, -0.2) is 17.8 Å². The summed E-state index contributed by atoms with van der Waals surface area (Å²) in [6.07, 6.45) is 0.199. The van der Waals surface area contributed by atoms with Crippen LogP contribution in [-0.2, 0) is 21.2 Å². The number of nitrogens with zero attached hydrogens (tertiary/aromatic N) is 2. The summed E-state index contributed by atoms with van der Waals surface area (Å²) in [5, 5.41) is 0.451. The lowest BCUT2D eigenvalue weighted by Gasteiger charge is -2.20. The van der Waals surface area contributed by atoms with Gasteiger partial charge in [0, 0.05) is 6.42 Å². The number of carbonyl (C=O) groups is 1. The van der Waals surface area contributed by atoms with E-state index in [0.717, 1.165) is 5.56 Å². The first-order chi connectivity index (χ1) is 16.4. The van der Waals surface area contributed by atoms with Gasteiger partial charge in [0.05, 0.1) is 34.5 Å². The molecule has 3 aromatic carbocycles. The summed E-state index contributed by atoms with van der Waals surface area (Å²) in [7, 11) is -2.02. The van der Waals surface area contributed by atoms with Gasteiger partial charge in [0.2, 0.25) is 5.91 Å². The maximum atomic E-state index is 13.6. The van der Waals surface area contributed by atoms with Crippen LogP contribution in [0.1, 0.15) is 18.4 Å². The number of sulfone groups is 1. The number of ether oxygens (including phenoxy) is 1. The third-order valence-electron chi connectivity index (χ3n) is 5.28. The third-order valence-corrected chi connectivity index (χ3v) is 8.13.